The van der Waals surface area contributed by atoms with Crippen LogP contribution in [-0.2, 0) is 14.3 Å². The molecule has 7 nitrogen and oxygen atoms in total. The Morgan fingerprint density at radius 3 is 1.51 bits per heavy atom. The molecule has 0 radical (unpaired) electrons. The van der Waals surface area contributed by atoms with Gasteiger partial charge in [0.15, 0.2) is 0 Å². The van der Waals surface area contributed by atoms with E-state index in [9.17, 15) is 14.4 Å². The average Bonchev–Trinajstić information content (AvgIpc) is 3.47. The van der Waals surface area contributed by atoms with Crippen molar-refractivity contribution in [3.8, 4) is 11.1 Å². The number of fused-ring (bicyclic) bond motifs is 3. The van der Waals surface area contributed by atoms with Crippen LogP contribution in [0.4, 0.5) is 4.79 Å². The quantitative estimate of drug-likeness (QED) is 0.0735. The van der Waals surface area contributed by atoms with E-state index in [1.54, 1.807) is 0 Å². The molecule has 1 atom stereocenters. The minimum atomic E-state index is -0.841. The molecular formula is C44H69N3O4. The van der Waals surface area contributed by atoms with Crippen LogP contribution in [0.15, 0.2) is 48.5 Å². The number of hydrogen-bond donors (Lipinski definition) is 3. The van der Waals surface area contributed by atoms with Crippen molar-refractivity contribution in [1.82, 2.24) is 16.0 Å². The number of nitrogens with one attached hydrogen (secondary N) is 3. The number of carbonyl (C=O) groups is 3. The lowest BCUT2D eigenvalue weighted by molar-refractivity contribution is -0.124. The first-order valence-corrected chi connectivity index (χ1v) is 20.7. The smallest absolute Gasteiger partial charge is 0.407 e. The highest BCUT2D eigenvalue weighted by molar-refractivity contribution is 5.86. The summed E-state index contributed by atoms with van der Waals surface area (Å²) in [6.45, 7) is 5.87. The van der Waals surface area contributed by atoms with Gasteiger partial charge < -0.3 is 20.7 Å². The van der Waals surface area contributed by atoms with Gasteiger partial charge in [-0.25, -0.2) is 4.79 Å². The monoisotopic (exact) mass is 704 g/mol. The molecule has 0 aliphatic heterocycles. The second kappa shape index (κ2) is 26.4. The van der Waals surface area contributed by atoms with E-state index in [1.165, 1.54) is 103 Å². The Kier molecular flexibility index (Phi) is 21.8. The number of ether oxygens (including phenoxy) is 1. The van der Waals surface area contributed by atoms with Crippen molar-refractivity contribution < 1.29 is 19.1 Å². The maximum Gasteiger partial charge on any atom is 0.407 e. The molecule has 1 aliphatic rings. The summed E-state index contributed by atoms with van der Waals surface area (Å²) in [4.78, 5) is 39.1. The molecular weight excluding hydrogens is 635 g/mol. The third kappa shape index (κ3) is 16.7. The highest BCUT2D eigenvalue weighted by atomic mass is 16.5. The zero-order valence-corrected chi connectivity index (χ0v) is 32.1. The fourth-order valence-corrected chi connectivity index (χ4v) is 7.20. The Bertz CT molecular complexity index is 1220. The molecule has 284 valence electrons. The summed E-state index contributed by atoms with van der Waals surface area (Å²) < 4.78 is 5.75. The molecule has 0 saturated heterocycles. The summed E-state index contributed by atoms with van der Waals surface area (Å²) in [5.41, 5.74) is 4.60. The lowest BCUT2D eigenvalue weighted by Crippen LogP contribution is -2.47. The molecule has 1 aliphatic carbocycles. The summed E-state index contributed by atoms with van der Waals surface area (Å²) in [6.07, 6.45) is 24.5. The standard InChI is InChI=1S/C44H69N3O4/c1-3-5-7-9-11-13-15-17-19-25-33-45-42(48)32-31-41(43(49)46-34-26-20-18-16-14-12-10-8-6-4-2)47-44(50)51-35-40-38-29-23-21-27-36(38)37-28-22-24-30-39(37)40/h21-24,27-30,40-41H,3-20,25-26,31-35H2,1-2H3,(H,45,48)(H,46,49)(H,47,50)/t41-/m0/s1. The number of alkyl carbamates (subject to hydrolysis) is 1. The van der Waals surface area contributed by atoms with Gasteiger partial charge in [0.05, 0.1) is 0 Å². The SMILES string of the molecule is CCCCCCCCCCCCNC(=O)CC[C@H](NC(=O)OCC1c2ccccc2-c2ccccc21)C(=O)NCCCCCCCCCCCC. The first kappa shape index (κ1) is 42.1. The van der Waals surface area contributed by atoms with Crippen LogP contribution >= 0.6 is 0 Å². The molecule has 0 unspecified atom stereocenters. The van der Waals surface area contributed by atoms with Crippen molar-refractivity contribution in [3.05, 3.63) is 59.7 Å². The molecule has 0 spiro atoms. The number of rotatable bonds is 29. The normalized spacial score (nSPS) is 12.6. The molecule has 0 saturated carbocycles. The van der Waals surface area contributed by atoms with E-state index in [4.69, 9.17) is 4.74 Å². The van der Waals surface area contributed by atoms with Crippen molar-refractivity contribution in [2.24, 2.45) is 0 Å². The average molecular weight is 704 g/mol. The maximum absolute atomic E-state index is 13.3. The molecule has 0 fully saturated rings. The second-order valence-corrected chi connectivity index (χ2v) is 14.6. The van der Waals surface area contributed by atoms with Crippen molar-refractivity contribution in [1.29, 1.82) is 0 Å². The van der Waals surface area contributed by atoms with E-state index in [1.807, 2.05) is 24.3 Å². The molecule has 3 rings (SSSR count). The first-order valence-electron chi connectivity index (χ1n) is 20.7. The van der Waals surface area contributed by atoms with Crippen molar-refractivity contribution >= 4 is 17.9 Å². The number of benzene rings is 2. The highest BCUT2D eigenvalue weighted by Crippen LogP contribution is 2.44. The molecule has 7 heteroatoms. The lowest BCUT2D eigenvalue weighted by Gasteiger charge is -2.20. The molecule has 2 aromatic rings. The highest BCUT2D eigenvalue weighted by Gasteiger charge is 2.30. The third-order valence-electron chi connectivity index (χ3n) is 10.3. The van der Waals surface area contributed by atoms with Crippen LogP contribution in [0.25, 0.3) is 11.1 Å². The molecule has 0 heterocycles. The van der Waals surface area contributed by atoms with Gasteiger partial charge in [0.25, 0.3) is 0 Å². The first-order chi connectivity index (χ1) is 25.0. The predicted octanol–water partition coefficient (Wildman–Crippen LogP) is 10.7. The molecule has 3 amide bonds. The summed E-state index contributed by atoms with van der Waals surface area (Å²) >= 11 is 0. The van der Waals surface area contributed by atoms with Crippen LogP contribution in [0, 0.1) is 0 Å². The minimum absolute atomic E-state index is 0.0664. The Hall–Kier alpha value is -3.35. The molecule has 0 aromatic heterocycles. The van der Waals surface area contributed by atoms with Gasteiger partial charge in [-0.1, -0.05) is 178 Å². The van der Waals surface area contributed by atoms with Crippen LogP contribution < -0.4 is 16.0 Å². The van der Waals surface area contributed by atoms with Crippen LogP contribution in [0.1, 0.15) is 172 Å². The maximum atomic E-state index is 13.3. The Morgan fingerprint density at radius 1 is 0.588 bits per heavy atom. The number of amides is 3. The summed E-state index contributed by atoms with van der Waals surface area (Å²) in [5.74, 6) is -0.418. The lowest BCUT2D eigenvalue weighted by atomic mass is 9.98. The van der Waals surface area contributed by atoms with E-state index in [0.717, 1.165) is 47.9 Å². The van der Waals surface area contributed by atoms with Crippen LogP contribution in [0.5, 0.6) is 0 Å². The summed E-state index contributed by atoms with van der Waals surface area (Å²) in [7, 11) is 0. The molecule has 0 bridgehead atoms. The van der Waals surface area contributed by atoms with Gasteiger partial charge in [-0.2, -0.15) is 0 Å². The minimum Gasteiger partial charge on any atom is -0.449 e. The van der Waals surface area contributed by atoms with E-state index < -0.39 is 12.1 Å². The Labute approximate surface area is 309 Å². The van der Waals surface area contributed by atoms with Crippen molar-refractivity contribution in [2.75, 3.05) is 19.7 Å². The zero-order chi connectivity index (χ0) is 36.4. The predicted molar refractivity (Wildman–Crippen MR) is 211 cm³/mol. The van der Waals surface area contributed by atoms with Gasteiger partial charge in [0, 0.05) is 25.4 Å². The third-order valence-corrected chi connectivity index (χ3v) is 10.3. The number of carbonyl (C=O) groups excluding carboxylic acids is 3. The number of unbranched alkanes of at least 4 members (excludes halogenated alkanes) is 18. The second-order valence-electron chi connectivity index (χ2n) is 14.6. The van der Waals surface area contributed by atoms with Gasteiger partial charge in [0.1, 0.15) is 12.6 Å². The topological polar surface area (TPSA) is 96.5 Å². The Morgan fingerprint density at radius 2 is 1.02 bits per heavy atom. The van der Waals surface area contributed by atoms with Crippen LogP contribution in [0.3, 0.4) is 0 Å². The summed E-state index contributed by atoms with van der Waals surface area (Å²) in [5, 5.41) is 8.82. The van der Waals surface area contributed by atoms with E-state index in [0.29, 0.717) is 13.1 Å². The van der Waals surface area contributed by atoms with E-state index in [-0.39, 0.29) is 37.2 Å². The van der Waals surface area contributed by atoms with E-state index >= 15 is 0 Å². The molecule has 51 heavy (non-hydrogen) atoms. The van der Waals surface area contributed by atoms with Crippen LogP contribution in [0.2, 0.25) is 0 Å². The van der Waals surface area contributed by atoms with E-state index in [2.05, 4.69) is 54.1 Å². The van der Waals surface area contributed by atoms with Gasteiger partial charge >= 0.3 is 6.09 Å². The summed E-state index contributed by atoms with van der Waals surface area (Å²) in [6, 6.07) is 15.6. The van der Waals surface area contributed by atoms with Crippen molar-refractivity contribution in [2.45, 2.75) is 167 Å². The largest absolute Gasteiger partial charge is 0.449 e. The Balaban J connectivity index is 1.41. The van der Waals surface area contributed by atoms with Crippen molar-refractivity contribution in [3.63, 3.8) is 0 Å². The number of hydrogen-bond acceptors (Lipinski definition) is 4. The fraction of sp³-hybridized carbons (Fsp3) is 0.659. The molecule has 2 aromatic carbocycles. The van der Waals surface area contributed by atoms with Gasteiger partial charge in [0.2, 0.25) is 11.8 Å². The zero-order valence-electron chi connectivity index (χ0n) is 32.1. The van der Waals surface area contributed by atoms with Gasteiger partial charge in [-0.15, -0.1) is 0 Å². The van der Waals surface area contributed by atoms with Crippen LogP contribution in [-0.4, -0.2) is 43.6 Å². The van der Waals surface area contributed by atoms with Gasteiger partial charge in [-0.3, -0.25) is 9.59 Å². The van der Waals surface area contributed by atoms with Gasteiger partial charge in [-0.05, 0) is 41.5 Å². The molecule has 3 N–H and O–H groups in total. The fourth-order valence-electron chi connectivity index (χ4n) is 7.20.